The largest absolute Gasteiger partial charge is 0.488 e. The Kier molecular flexibility index (Phi) is 7.28. The number of carbonyl (C=O) groups excluding carboxylic acids is 1. The molecule has 30 heavy (non-hydrogen) atoms. The lowest BCUT2D eigenvalue weighted by atomic mass is 9.75. The topological polar surface area (TPSA) is 88.5 Å². The molecule has 2 heterocycles. The Hall–Kier alpha value is -1.81. The zero-order valence-electron chi connectivity index (χ0n) is 18.6. The molecule has 0 bridgehead atoms. The standard InChI is InChI=1S/C21H35BN4O4/c1-16-18(22(28)29)13-17(15-24-7-5-23-6-8-24)14-19(16)25-9-11-26(12-10-25)20(27)30-21(2,3)4/h13-14,23,28-29H,5-12,15H2,1-4H3. The molecule has 0 spiro atoms. The van der Waals surface area contributed by atoms with Gasteiger partial charge in [0.15, 0.2) is 0 Å². The lowest BCUT2D eigenvalue weighted by Crippen LogP contribution is -2.50. The van der Waals surface area contributed by atoms with Crippen LogP contribution in [0.15, 0.2) is 12.1 Å². The van der Waals surface area contributed by atoms with Gasteiger partial charge in [0.05, 0.1) is 0 Å². The van der Waals surface area contributed by atoms with Crippen LogP contribution in [0.1, 0.15) is 31.9 Å². The molecule has 166 valence electrons. The third-order valence-electron chi connectivity index (χ3n) is 5.65. The molecule has 8 nitrogen and oxygen atoms in total. The summed E-state index contributed by atoms with van der Waals surface area (Å²) in [5.41, 5.74) is 3.01. The van der Waals surface area contributed by atoms with Gasteiger partial charge in [-0.3, -0.25) is 4.90 Å². The number of ether oxygens (including phenoxy) is 1. The summed E-state index contributed by atoms with van der Waals surface area (Å²) in [5.74, 6) is 0. The van der Waals surface area contributed by atoms with Crippen molar-refractivity contribution in [3.8, 4) is 0 Å². The highest BCUT2D eigenvalue weighted by Gasteiger charge is 2.28. The van der Waals surface area contributed by atoms with Gasteiger partial charge in [0.2, 0.25) is 0 Å². The predicted octanol–water partition coefficient (Wildman–Crippen LogP) is 0.137. The van der Waals surface area contributed by atoms with Crippen molar-refractivity contribution >= 4 is 24.4 Å². The van der Waals surface area contributed by atoms with E-state index < -0.39 is 12.7 Å². The number of carbonyl (C=O) groups is 1. The molecule has 0 aromatic heterocycles. The number of nitrogens with zero attached hydrogens (tertiary/aromatic N) is 3. The van der Waals surface area contributed by atoms with E-state index in [0.29, 0.717) is 31.6 Å². The Bertz CT molecular complexity index is 739. The number of anilines is 1. The molecular weight excluding hydrogens is 383 g/mol. The fourth-order valence-corrected chi connectivity index (χ4v) is 4.05. The lowest BCUT2D eigenvalue weighted by molar-refractivity contribution is 0.0240. The fourth-order valence-electron chi connectivity index (χ4n) is 4.05. The maximum absolute atomic E-state index is 12.4. The molecule has 1 aromatic rings. The van der Waals surface area contributed by atoms with Crippen LogP contribution in [0.2, 0.25) is 0 Å². The molecule has 3 rings (SSSR count). The summed E-state index contributed by atoms with van der Waals surface area (Å²) in [6, 6.07) is 4.06. The number of rotatable bonds is 4. The maximum atomic E-state index is 12.4. The van der Waals surface area contributed by atoms with Crippen LogP contribution in [-0.2, 0) is 11.3 Å². The van der Waals surface area contributed by atoms with Crippen LogP contribution in [0.25, 0.3) is 0 Å². The molecule has 2 saturated heterocycles. The Morgan fingerprint density at radius 1 is 1.10 bits per heavy atom. The summed E-state index contributed by atoms with van der Waals surface area (Å²) >= 11 is 0. The van der Waals surface area contributed by atoms with Crippen LogP contribution in [0.4, 0.5) is 10.5 Å². The molecule has 0 unspecified atom stereocenters. The van der Waals surface area contributed by atoms with E-state index in [0.717, 1.165) is 49.5 Å². The predicted molar refractivity (Wildman–Crippen MR) is 119 cm³/mol. The van der Waals surface area contributed by atoms with Gasteiger partial charge in [-0.05, 0) is 50.4 Å². The first-order chi connectivity index (χ1) is 14.1. The quantitative estimate of drug-likeness (QED) is 0.600. The SMILES string of the molecule is Cc1c(B(O)O)cc(CN2CCNCC2)cc1N1CCN(C(=O)OC(C)(C)C)CC1. The second-order valence-corrected chi connectivity index (χ2v) is 9.18. The fraction of sp³-hybridized carbons (Fsp3) is 0.667. The second kappa shape index (κ2) is 9.55. The first kappa shape index (κ1) is 22.9. The van der Waals surface area contributed by atoms with Gasteiger partial charge in [0.25, 0.3) is 0 Å². The van der Waals surface area contributed by atoms with E-state index in [4.69, 9.17) is 4.74 Å². The lowest BCUT2D eigenvalue weighted by Gasteiger charge is -2.38. The van der Waals surface area contributed by atoms with Gasteiger partial charge in [-0.25, -0.2) is 4.79 Å². The van der Waals surface area contributed by atoms with E-state index >= 15 is 0 Å². The Balaban J connectivity index is 1.74. The number of piperazine rings is 2. The highest BCUT2D eigenvalue weighted by atomic mass is 16.6. The van der Waals surface area contributed by atoms with Crippen LogP contribution in [0, 0.1) is 6.92 Å². The number of amides is 1. The monoisotopic (exact) mass is 418 g/mol. The number of benzene rings is 1. The zero-order chi connectivity index (χ0) is 21.9. The molecule has 2 aliphatic rings. The summed E-state index contributed by atoms with van der Waals surface area (Å²) in [4.78, 5) is 18.7. The Morgan fingerprint density at radius 2 is 1.73 bits per heavy atom. The van der Waals surface area contributed by atoms with Crippen molar-refractivity contribution in [1.82, 2.24) is 15.1 Å². The maximum Gasteiger partial charge on any atom is 0.488 e. The highest BCUT2D eigenvalue weighted by Crippen LogP contribution is 2.24. The summed E-state index contributed by atoms with van der Waals surface area (Å²) in [6.07, 6.45) is -0.280. The minimum atomic E-state index is -1.50. The van der Waals surface area contributed by atoms with E-state index in [1.807, 2.05) is 33.8 Å². The van der Waals surface area contributed by atoms with Crippen molar-refractivity contribution in [2.24, 2.45) is 0 Å². The molecule has 9 heteroatoms. The first-order valence-corrected chi connectivity index (χ1v) is 10.8. The van der Waals surface area contributed by atoms with Crippen molar-refractivity contribution in [3.63, 3.8) is 0 Å². The van der Waals surface area contributed by atoms with Gasteiger partial charge in [0.1, 0.15) is 5.60 Å². The molecule has 2 fully saturated rings. The first-order valence-electron chi connectivity index (χ1n) is 10.8. The van der Waals surface area contributed by atoms with Crippen molar-refractivity contribution < 1.29 is 19.6 Å². The third kappa shape index (κ3) is 5.88. The number of hydrogen-bond acceptors (Lipinski definition) is 7. The third-order valence-corrected chi connectivity index (χ3v) is 5.65. The molecule has 1 aromatic carbocycles. The average Bonchev–Trinajstić information content (AvgIpc) is 2.68. The van der Waals surface area contributed by atoms with E-state index in [1.165, 1.54) is 0 Å². The van der Waals surface area contributed by atoms with E-state index in [1.54, 1.807) is 4.90 Å². The van der Waals surface area contributed by atoms with E-state index in [-0.39, 0.29) is 6.09 Å². The van der Waals surface area contributed by atoms with Gasteiger partial charge in [0, 0.05) is 64.6 Å². The van der Waals surface area contributed by atoms with Crippen molar-refractivity contribution in [2.75, 3.05) is 57.3 Å². The number of hydrogen-bond donors (Lipinski definition) is 3. The molecule has 0 saturated carbocycles. The molecule has 0 radical (unpaired) electrons. The van der Waals surface area contributed by atoms with Gasteiger partial charge in [-0.1, -0.05) is 6.07 Å². The van der Waals surface area contributed by atoms with Crippen molar-refractivity contribution in [3.05, 3.63) is 23.3 Å². The van der Waals surface area contributed by atoms with Gasteiger partial charge < -0.3 is 29.9 Å². The van der Waals surface area contributed by atoms with Crippen LogP contribution >= 0.6 is 0 Å². The molecule has 1 amide bonds. The van der Waals surface area contributed by atoms with Crippen molar-refractivity contribution in [1.29, 1.82) is 0 Å². The van der Waals surface area contributed by atoms with Crippen molar-refractivity contribution in [2.45, 2.75) is 39.8 Å². The normalized spacial score (nSPS) is 18.5. The second-order valence-electron chi connectivity index (χ2n) is 9.18. The summed E-state index contributed by atoms with van der Waals surface area (Å²) in [5, 5.41) is 23.2. The Morgan fingerprint density at radius 3 is 2.30 bits per heavy atom. The molecule has 3 N–H and O–H groups in total. The number of nitrogens with one attached hydrogen (secondary N) is 1. The Labute approximate surface area is 179 Å². The minimum absolute atomic E-state index is 0.280. The van der Waals surface area contributed by atoms with Gasteiger partial charge in [-0.15, -0.1) is 0 Å². The van der Waals surface area contributed by atoms with Crippen LogP contribution < -0.4 is 15.7 Å². The van der Waals surface area contributed by atoms with Gasteiger partial charge >= 0.3 is 13.2 Å². The zero-order valence-corrected chi connectivity index (χ0v) is 18.6. The smallest absolute Gasteiger partial charge is 0.444 e. The van der Waals surface area contributed by atoms with Crippen LogP contribution in [0.5, 0.6) is 0 Å². The highest BCUT2D eigenvalue weighted by molar-refractivity contribution is 6.59. The van der Waals surface area contributed by atoms with Crippen LogP contribution in [-0.4, -0.2) is 91.0 Å². The summed E-state index contributed by atoms with van der Waals surface area (Å²) < 4.78 is 5.49. The van der Waals surface area contributed by atoms with E-state index in [9.17, 15) is 14.8 Å². The molecular formula is C21H35BN4O4. The van der Waals surface area contributed by atoms with E-state index in [2.05, 4.69) is 21.2 Å². The minimum Gasteiger partial charge on any atom is -0.444 e. The van der Waals surface area contributed by atoms with Crippen LogP contribution in [0.3, 0.4) is 0 Å². The molecule has 2 aliphatic heterocycles. The average molecular weight is 418 g/mol. The summed E-state index contributed by atoms with van der Waals surface area (Å²) in [7, 11) is -1.50. The molecule has 0 aliphatic carbocycles. The summed E-state index contributed by atoms with van der Waals surface area (Å²) in [6.45, 7) is 14.7. The molecule has 0 atom stereocenters. The van der Waals surface area contributed by atoms with Gasteiger partial charge in [-0.2, -0.15) is 0 Å².